The average molecular weight is 1600 g/mol. The molecule has 22 nitrogen and oxygen atoms in total. The van der Waals surface area contributed by atoms with E-state index in [-0.39, 0.29) is 83.1 Å². The maximum Gasteiger partial charge on any atom is 0.446 e. The number of esters is 2. The summed E-state index contributed by atoms with van der Waals surface area (Å²) >= 11 is 12.6. The van der Waals surface area contributed by atoms with Gasteiger partial charge in [0.25, 0.3) is 0 Å². The fourth-order valence-corrected chi connectivity index (χ4v) is 19.6. The first-order chi connectivity index (χ1) is 50.7. The molecule has 2 aromatic heterocycles. The number of aliphatic carboxylic acids is 1. The summed E-state index contributed by atoms with van der Waals surface area (Å²) in [5.74, 6) is -5.55. The minimum absolute atomic E-state index is 0. The second kappa shape index (κ2) is 32.9. The third-order valence-corrected chi connectivity index (χ3v) is 27.5. The third-order valence-electron chi connectivity index (χ3n) is 24.9. The van der Waals surface area contributed by atoms with Gasteiger partial charge in [-0.3, -0.25) is 38.3 Å². The van der Waals surface area contributed by atoms with Crippen LogP contribution >= 0.6 is 23.2 Å². The van der Waals surface area contributed by atoms with Crippen molar-refractivity contribution in [2.75, 3.05) is 13.1 Å². The number of aldehydes is 1. The highest BCUT2D eigenvalue weighted by Gasteiger charge is 2.67. The number of carboxylic acids is 1. The summed E-state index contributed by atoms with van der Waals surface area (Å²) in [5.41, 5.74) is 0.441. The fraction of sp³-hybridized carbons (Fsp3) is 0.700. The monoisotopic (exact) mass is 1600 g/mol. The molecule has 4 aliphatic heterocycles. The molecule has 3 amide bonds. The van der Waals surface area contributed by atoms with Gasteiger partial charge in [0.2, 0.25) is 52.2 Å². The van der Waals surface area contributed by atoms with Gasteiger partial charge in [0, 0.05) is 34.2 Å². The molecule has 110 heavy (non-hydrogen) atoms. The number of halogens is 7. The van der Waals surface area contributed by atoms with Gasteiger partial charge in [0.15, 0.2) is 5.78 Å². The third kappa shape index (κ3) is 18.6. The lowest BCUT2D eigenvalue weighted by Gasteiger charge is -2.35. The van der Waals surface area contributed by atoms with Gasteiger partial charge < -0.3 is 33.9 Å². The lowest BCUT2D eigenvalue weighted by atomic mass is 9.77. The van der Waals surface area contributed by atoms with Crippen LogP contribution in [0, 0.1) is 81.3 Å². The number of ether oxygens (including phenoxy) is 4. The number of nitrogens with zero attached hydrogens (tertiary/aromatic N) is 6. The van der Waals surface area contributed by atoms with Gasteiger partial charge in [0.05, 0.1) is 76.0 Å². The number of sulfonamides is 1. The second-order valence-corrected chi connectivity index (χ2v) is 37.6. The van der Waals surface area contributed by atoms with Crippen LogP contribution < -0.4 is 14.2 Å². The number of nitrogens with one attached hydrogen (secondary N) is 1. The zero-order valence-corrected chi connectivity index (χ0v) is 64.7. The van der Waals surface area contributed by atoms with Gasteiger partial charge in [0.1, 0.15) is 41.8 Å². The van der Waals surface area contributed by atoms with Crippen LogP contribution in [-0.2, 0) is 70.7 Å². The van der Waals surface area contributed by atoms with Crippen molar-refractivity contribution >= 4 is 103 Å². The molecule has 0 unspecified atom stereocenters. The number of hydrogen-bond donors (Lipinski definition) is 2. The summed E-state index contributed by atoms with van der Waals surface area (Å²) in [6.07, 6.45) is 1.57. The second-order valence-electron chi connectivity index (χ2n) is 34.6. The molecule has 0 radical (unpaired) electrons. The number of benzene rings is 2. The predicted molar refractivity (Wildman–Crippen MR) is 400 cm³/mol. The molecule has 8 fully saturated rings. The summed E-state index contributed by atoms with van der Waals surface area (Å²) in [7, 11) is -4.19. The number of carbonyl (C=O) groups excluding carboxylic acids is 7. The van der Waals surface area contributed by atoms with Gasteiger partial charge in [-0.1, -0.05) is 119 Å². The molecule has 18 atom stereocenters. The van der Waals surface area contributed by atoms with E-state index >= 15 is 0 Å². The maximum atomic E-state index is 15.0. The molecular weight excluding hydrogens is 1500 g/mol. The first-order valence-electron chi connectivity index (χ1n) is 38.1. The summed E-state index contributed by atoms with van der Waals surface area (Å²) in [5, 5.41) is 11.3. The quantitative estimate of drug-likeness (QED) is 0.0941. The molecule has 10 aliphatic rings. The van der Waals surface area contributed by atoms with E-state index < -0.39 is 140 Å². The van der Waals surface area contributed by atoms with Crippen molar-refractivity contribution in [2.24, 2.45) is 81.3 Å². The number of amides is 3. The highest BCUT2D eigenvalue weighted by atomic mass is 35.5. The number of ketones is 1. The van der Waals surface area contributed by atoms with E-state index in [4.69, 9.17) is 66.9 Å². The van der Waals surface area contributed by atoms with Crippen molar-refractivity contribution in [1.82, 2.24) is 34.5 Å². The zero-order chi connectivity index (χ0) is 78.2. The highest BCUT2D eigenvalue weighted by Crippen LogP contribution is 2.61. The molecule has 4 aromatic rings. The van der Waals surface area contributed by atoms with Crippen LogP contribution in [0.15, 0.2) is 36.4 Å². The summed E-state index contributed by atoms with van der Waals surface area (Å²) < 4.78 is 112. The van der Waals surface area contributed by atoms with Crippen LogP contribution in [0.1, 0.15) is 204 Å². The first kappa shape index (κ1) is 85.5. The molecule has 606 valence electrons. The maximum absolute atomic E-state index is 15.0. The molecule has 2 aromatic carbocycles. The zero-order valence-electron chi connectivity index (χ0n) is 62.4. The van der Waals surface area contributed by atoms with Gasteiger partial charge in [-0.25, -0.2) is 41.9 Å². The number of hydrogen-bond acceptors (Lipinski definition) is 18. The van der Waals surface area contributed by atoms with Crippen LogP contribution in [0.2, 0.25) is 10.0 Å². The van der Waals surface area contributed by atoms with E-state index in [9.17, 15) is 69.0 Å². The Kier molecular flexibility index (Phi) is 25.5. The van der Waals surface area contributed by atoms with Crippen LogP contribution in [0.3, 0.4) is 0 Å². The topological polar surface area (TPSA) is 298 Å². The summed E-state index contributed by atoms with van der Waals surface area (Å²) in [4.78, 5) is 128. The van der Waals surface area contributed by atoms with Crippen LogP contribution in [0.4, 0.5) is 22.0 Å². The molecule has 2 saturated heterocycles. The van der Waals surface area contributed by atoms with Crippen molar-refractivity contribution in [1.29, 1.82) is 0 Å². The largest absolute Gasteiger partial charge is 0.480 e. The Bertz CT molecular complexity index is 4270. The number of fused-ring (bicyclic) bond motifs is 14. The summed E-state index contributed by atoms with van der Waals surface area (Å²) in [6, 6.07) is 8.22. The minimum atomic E-state index is -4.64. The van der Waals surface area contributed by atoms with Crippen LogP contribution in [0.5, 0.6) is 11.8 Å². The van der Waals surface area contributed by atoms with E-state index in [2.05, 4.69) is 0 Å². The fourth-order valence-electron chi connectivity index (χ4n) is 17.9. The van der Waals surface area contributed by atoms with Crippen molar-refractivity contribution in [3.05, 3.63) is 57.8 Å². The predicted octanol–water partition coefficient (Wildman–Crippen LogP) is 14.6. The van der Waals surface area contributed by atoms with Gasteiger partial charge >= 0.3 is 24.1 Å². The average Bonchev–Trinajstić information content (AvgIpc) is 1.56. The Labute approximate surface area is 650 Å². The summed E-state index contributed by atoms with van der Waals surface area (Å²) in [6.45, 7) is 16.2. The van der Waals surface area contributed by atoms with E-state index in [1.807, 2.05) is 52.3 Å². The normalized spacial score (nSPS) is 32.2. The molecule has 6 heterocycles. The van der Waals surface area contributed by atoms with Crippen molar-refractivity contribution in [3.8, 4) is 11.8 Å². The lowest BCUT2D eigenvalue weighted by Crippen LogP contribution is -2.50. The van der Waals surface area contributed by atoms with Crippen molar-refractivity contribution in [3.63, 3.8) is 0 Å². The molecule has 0 spiro atoms. The van der Waals surface area contributed by atoms with Gasteiger partial charge in [-0.15, -0.1) is 0 Å². The molecular formula is C80H106Cl2F5N7O15S. The lowest BCUT2D eigenvalue weighted by molar-refractivity contribution is -0.160. The van der Waals surface area contributed by atoms with Crippen molar-refractivity contribution in [2.45, 2.75) is 259 Å². The standard InChI is InChI=1S/C43H55ClF2N4O8S.C33H42ClN3O6.C2HF3O.2CH4/c1-22-34-21-50(36(22)32(51)20-43(19-28(43)37(45)46)40(54)49-59(55,56)42(5)13-14-42)39(53)27(41(2,3)4)18-35(52)57-33-16-23-15-26(23)25(33)9-7-6-8-10-30-38(58-34)48-31-17-24(44)11-12-29(31)47-30;1-17-27-16-37(29(17)32(40)41)31(39)22(33(2,3)4)15-28(38)42-26-13-18-12-21(18)20(26)8-6-5-7-9-24-30(43-27)36-25-14-19(34)10-11-23(25)35-24;3-2(4,5)1-6;;/h11-12,17,22-23,25-28,33-34,36-37H,6-10,13-16,18-21H2,1-5H3,(H,49,54);10-11,14,17-18,20-22,26-27,29H,5-9,12-13,15-16H2,1-4H3,(H,40,41);1H;2*1H4/t22-,23+,25-,26+,27-,28+,33-,34+,36+,43-;17-,18+,20-,21+,22-,26-,27+,29+;;;/m11.../s1. The molecule has 4 bridgehead atoms. The molecule has 2 N–H and O–H groups in total. The number of rotatable bonds is 8. The van der Waals surface area contributed by atoms with E-state index in [0.29, 0.717) is 93.4 Å². The smallest absolute Gasteiger partial charge is 0.446 e. The van der Waals surface area contributed by atoms with Gasteiger partial charge in [-0.2, -0.15) is 13.2 Å². The molecule has 30 heteroatoms. The SMILES string of the molecule is C.C.C[C@@H]1[C@@H]2CN(C(=O)[C@H](C(C)(C)C)CC(=O)O[C@@H]3C[C@@H]4C[C@@H]4[C@H]3CCCCCc3nc4ccc(Cl)cc4nc3O2)[C@@H]1C(=O)C[C@]1(C(=O)NS(=O)(=O)C2(C)CC2)C[C@H]1C(F)F.C[C@@H]1[C@@H]2CN(C(=O)[C@H](C(C)(C)C)CC(=O)O[C@@H]3C[C@@H]4C[C@@H]4[C@H]3CCCCCc3nc4ccc(Cl)cc4nc3O2)[C@@H]1C(=O)O.O=CC(F)(F)F. The number of carbonyl (C=O) groups is 8. The molecule has 14 rings (SSSR count). The number of aryl methyl sites for hydroxylation is 2. The number of Topliss-reactive ketones (excluding diaryl/α,β-unsaturated/α-hetero) is 1. The van der Waals surface area contributed by atoms with Crippen LogP contribution in [0.25, 0.3) is 22.1 Å². The highest BCUT2D eigenvalue weighted by molar-refractivity contribution is 7.91. The van der Waals surface area contributed by atoms with E-state index in [1.165, 1.54) is 23.1 Å². The Morgan fingerprint density at radius 2 is 1.06 bits per heavy atom. The Morgan fingerprint density at radius 1 is 0.636 bits per heavy atom. The molecule has 6 aliphatic carbocycles. The van der Waals surface area contributed by atoms with Crippen LogP contribution in [-0.4, -0.2) is 158 Å². The number of aromatic nitrogens is 4. The Balaban J connectivity index is 0.000000223. The van der Waals surface area contributed by atoms with E-state index in [0.717, 1.165) is 81.8 Å². The first-order valence-corrected chi connectivity index (χ1v) is 40.3. The van der Waals surface area contributed by atoms with Gasteiger partial charge in [-0.05, 0) is 173 Å². The van der Waals surface area contributed by atoms with Crippen molar-refractivity contribution < 1.29 is 92.8 Å². The number of carboxylic acid groups (broad SMARTS) is 1. The van der Waals surface area contributed by atoms with E-state index in [1.54, 1.807) is 44.2 Å². The Hall–Kier alpha value is -6.94. The Morgan fingerprint density at radius 3 is 1.45 bits per heavy atom. The minimum Gasteiger partial charge on any atom is -0.480 e. The number of alkyl halides is 5. The molecule has 6 saturated carbocycles.